The number of carbonyl (C=O) groups excluding carboxylic acids is 1. The minimum atomic E-state index is -4.82. The van der Waals surface area contributed by atoms with Gasteiger partial charge in [0.1, 0.15) is 0 Å². The van der Waals surface area contributed by atoms with Crippen molar-refractivity contribution in [3.63, 3.8) is 0 Å². The summed E-state index contributed by atoms with van der Waals surface area (Å²) in [4.78, 5) is 10.5. The standard InChI is InChI=1S/C9H13F3O2/c1-6(2)4-7(14-3)5-8(13)9(10,11)12/h5-6H,4H2,1-3H3/b7-5-. The van der Waals surface area contributed by atoms with Crippen LogP contribution in [0.15, 0.2) is 11.8 Å². The maximum Gasteiger partial charge on any atom is 0.454 e. The van der Waals surface area contributed by atoms with Crippen LogP contribution in [0.3, 0.4) is 0 Å². The van der Waals surface area contributed by atoms with Crippen LogP contribution < -0.4 is 0 Å². The van der Waals surface area contributed by atoms with Crippen molar-refractivity contribution in [3.05, 3.63) is 11.8 Å². The number of ether oxygens (including phenoxy) is 1. The van der Waals surface area contributed by atoms with Crippen LogP contribution in [-0.2, 0) is 9.53 Å². The number of hydrogen-bond acceptors (Lipinski definition) is 2. The summed E-state index contributed by atoms with van der Waals surface area (Å²) in [6.45, 7) is 3.65. The third kappa shape index (κ3) is 4.89. The average Bonchev–Trinajstić information content (AvgIpc) is 2.00. The summed E-state index contributed by atoms with van der Waals surface area (Å²) in [5, 5.41) is 0. The molecular weight excluding hydrogens is 197 g/mol. The zero-order chi connectivity index (χ0) is 11.4. The Balaban J connectivity index is 4.52. The lowest BCUT2D eigenvalue weighted by Gasteiger charge is -2.09. The summed E-state index contributed by atoms with van der Waals surface area (Å²) in [6, 6.07) is 0. The molecular formula is C9H13F3O2. The number of hydrogen-bond donors (Lipinski definition) is 0. The van der Waals surface area contributed by atoms with Gasteiger partial charge in [0, 0.05) is 12.5 Å². The van der Waals surface area contributed by atoms with Gasteiger partial charge in [-0.1, -0.05) is 13.8 Å². The van der Waals surface area contributed by atoms with Crippen LogP contribution in [0.2, 0.25) is 0 Å². The van der Waals surface area contributed by atoms with Gasteiger partial charge in [-0.2, -0.15) is 13.2 Å². The van der Waals surface area contributed by atoms with E-state index in [1.54, 1.807) is 0 Å². The van der Waals surface area contributed by atoms with Crippen molar-refractivity contribution in [1.29, 1.82) is 0 Å². The quantitative estimate of drug-likeness (QED) is 0.526. The Labute approximate surface area is 80.7 Å². The minimum absolute atomic E-state index is 0.0577. The predicted molar refractivity (Wildman–Crippen MR) is 45.6 cm³/mol. The molecule has 0 radical (unpaired) electrons. The molecule has 0 aliphatic heterocycles. The van der Waals surface area contributed by atoms with Crippen LogP contribution in [0.4, 0.5) is 13.2 Å². The Morgan fingerprint density at radius 3 is 2.21 bits per heavy atom. The van der Waals surface area contributed by atoms with Crippen LogP contribution >= 0.6 is 0 Å². The maximum absolute atomic E-state index is 11.8. The molecule has 0 aromatic heterocycles. The van der Waals surface area contributed by atoms with E-state index in [0.29, 0.717) is 12.5 Å². The summed E-state index contributed by atoms with van der Waals surface area (Å²) in [5.41, 5.74) is 0. The van der Waals surface area contributed by atoms with Crippen molar-refractivity contribution in [3.8, 4) is 0 Å². The number of halogens is 3. The van der Waals surface area contributed by atoms with Gasteiger partial charge in [0.2, 0.25) is 0 Å². The molecule has 82 valence electrons. The highest BCUT2D eigenvalue weighted by atomic mass is 19.4. The molecule has 2 nitrogen and oxygen atoms in total. The highest BCUT2D eigenvalue weighted by Crippen LogP contribution is 2.19. The summed E-state index contributed by atoms with van der Waals surface area (Å²) in [6.07, 6.45) is -4.00. The molecule has 0 spiro atoms. The van der Waals surface area contributed by atoms with E-state index in [1.165, 1.54) is 7.11 Å². The zero-order valence-corrected chi connectivity index (χ0v) is 8.31. The second kappa shape index (κ2) is 5.02. The average molecular weight is 210 g/mol. The van der Waals surface area contributed by atoms with Crippen molar-refractivity contribution < 1.29 is 22.7 Å². The molecule has 0 aromatic carbocycles. The van der Waals surface area contributed by atoms with Gasteiger partial charge in [0.25, 0.3) is 5.78 Å². The van der Waals surface area contributed by atoms with E-state index in [1.807, 2.05) is 13.8 Å². The number of allylic oxidation sites excluding steroid dienone is 2. The first kappa shape index (κ1) is 13.0. The van der Waals surface area contributed by atoms with E-state index in [-0.39, 0.29) is 11.7 Å². The lowest BCUT2D eigenvalue weighted by molar-refractivity contribution is -0.165. The summed E-state index contributed by atoms with van der Waals surface area (Å²) < 4.78 is 40.2. The topological polar surface area (TPSA) is 26.3 Å². The Morgan fingerprint density at radius 2 is 1.93 bits per heavy atom. The molecule has 0 heterocycles. The number of alkyl halides is 3. The number of ketones is 1. The third-order valence-electron chi connectivity index (χ3n) is 1.44. The fourth-order valence-corrected chi connectivity index (χ4v) is 0.832. The van der Waals surface area contributed by atoms with Crippen molar-refractivity contribution in [2.75, 3.05) is 7.11 Å². The van der Waals surface area contributed by atoms with Crippen molar-refractivity contribution in [1.82, 2.24) is 0 Å². The third-order valence-corrected chi connectivity index (χ3v) is 1.44. The normalized spacial score (nSPS) is 13.2. The lowest BCUT2D eigenvalue weighted by atomic mass is 10.1. The van der Waals surface area contributed by atoms with Crippen LogP contribution in [-0.4, -0.2) is 19.1 Å². The summed E-state index contributed by atoms with van der Waals surface area (Å²) >= 11 is 0. The van der Waals surface area contributed by atoms with Crippen molar-refractivity contribution in [2.24, 2.45) is 5.92 Å². The second-order valence-corrected chi connectivity index (χ2v) is 3.27. The molecule has 0 amide bonds. The van der Waals surface area contributed by atoms with E-state index in [4.69, 9.17) is 0 Å². The van der Waals surface area contributed by atoms with Crippen molar-refractivity contribution >= 4 is 5.78 Å². The first-order valence-corrected chi connectivity index (χ1v) is 4.13. The molecule has 0 saturated carbocycles. The molecule has 5 heteroatoms. The van der Waals surface area contributed by atoms with Gasteiger partial charge in [-0.15, -0.1) is 0 Å². The molecule has 0 aliphatic rings. The number of rotatable bonds is 4. The first-order chi connectivity index (χ1) is 6.27. The zero-order valence-electron chi connectivity index (χ0n) is 8.31. The largest absolute Gasteiger partial charge is 0.501 e. The SMILES string of the molecule is CO/C(=C\C(=O)C(F)(F)F)CC(C)C. The number of methoxy groups -OCH3 is 1. The van der Waals surface area contributed by atoms with Crippen LogP contribution in [0.5, 0.6) is 0 Å². The van der Waals surface area contributed by atoms with Gasteiger partial charge in [-0.3, -0.25) is 4.79 Å². The van der Waals surface area contributed by atoms with Crippen LogP contribution in [0.1, 0.15) is 20.3 Å². The first-order valence-electron chi connectivity index (χ1n) is 4.13. The molecule has 0 saturated heterocycles. The monoisotopic (exact) mass is 210 g/mol. The molecule has 0 aromatic rings. The molecule has 0 atom stereocenters. The van der Waals surface area contributed by atoms with Gasteiger partial charge in [0.05, 0.1) is 12.9 Å². The Kier molecular flexibility index (Phi) is 4.67. The summed E-state index contributed by atoms with van der Waals surface area (Å²) in [7, 11) is 1.25. The lowest BCUT2D eigenvalue weighted by Crippen LogP contribution is -2.21. The van der Waals surface area contributed by atoms with E-state index < -0.39 is 12.0 Å². The molecule has 0 aliphatic carbocycles. The second-order valence-electron chi connectivity index (χ2n) is 3.27. The van der Waals surface area contributed by atoms with E-state index in [9.17, 15) is 18.0 Å². The smallest absolute Gasteiger partial charge is 0.454 e. The Morgan fingerprint density at radius 1 is 1.43 bits per heavy atom. The number of carbonyl (C=O) groups is 1. The summed E-state index contributed by atoms with van der Waals surface area (Å²) in [5.74, 6) is -1.68. The fourth-order valence-electron chi connectivity index (χ4n) is 0.832. The van der Waals surface area contributed by atoms with E-state index in [2.05, 4.69) is 4.74 Å². The van der Waals surface area contributed by atoms with Gasteiger partial charge >= 0.3 is 6.18 Å². The molecule has 0 unspecified atom stereocenters. The van der Waals surface area contributed by atoms with Crippen LogP contribution in [0, 0.1) is 5.92 Å². The van der Waals surface area contributed by atoms with Gasteiger partial charge in [0.15, 0.2) is 0 Å². The fraction of sp³-hybridized carbons (Fsp3) is 0.667. The molecule has 0 fully saturated rings. The highest BCUT2D eigenvalue weighted by Gasteiger charge is 2.36. The predicted octanol–water partition coefficient (Wildman–Crippen LogP) is 2.69. The minimum Gasteiger partial charge on any atom is -0.501 e. The molecule has 0 rings (SSSR count). The van der Waals surface area contributed by atoms with Crippen molar-refractivity contribution in [2.45, 2.75) is 26.4 Å². The Hall–Kier alpha value is -1.00. The maximum atomic E-state index is 11.8. The van der Waals surface area contributed by atoms with E-state index in [0.717, 1.165) is 0 Å². The Bertz CT molecular complexity index is 229. The molecule has 0 bridgehead atoms. The van der Waals surface area contributed by atoms with E-state index >= 15 is 0 Å². The van der Waals surface area contributed by atoms with Gasteiger partial charge in [-0.05, 0) is 5.92 Å². The van der Waals surface area contributed by atoms with Gasteiger partial charge < -0.3 is 4.74 Å². The molecule has 14 heavy (non-hydrogen) atoms. The highest BCUT2D eigenvalue weighted by molar-refractivity contribution is 5.94. The van der Waals surface area contributed by atoms with Gasteiger partial charge in [-0.25, -0.2) is 0 Å². The van der Waals surface area contributed by atoms with Crippen LogP contribution in [0.25, 0.3) is 0 Å². The molecule has 0 N–H and O–H groups in total.